The molecule has 0 atom stereocenters. The van der Waals surface area contributed by atoms with E-state index in [0.717, 1.165) is 54.4 Å². The molecule has 0 saturated heterocycles. The van der Waals surface area contributed by atoms with Crippen molar-refractivity contribution in [2.45, 2.75) is 46.0 Å². The van der Waals surface area contributed by atoms with E-state index in [4.69, 9.17) is 4.74 Å². The minimum absolute atomic E-state index is 0.261. The molecule has 3 rings (SSSR count). The van der Waals surface area contributed by atoms with Crippen LogP contribution in [0, 0.1) is 5.82 Å². The first-order chi connectivity index (χ1) is 14.6. The molecule has 3 heteroatoms. The number of esters is 1. The number of ether oxygens (including phenoxy) is 1. The van der Waals surface area contributed by atoms with Gasteiger partial charge in [-0.1, -0.05) is 81.6 Å². The topological polar surface area (TPSA) is 26.3 Å². The maximum atomic E-state index is 15.0. The summed E-state index contributed by atoms with van der Waals surface area (Å²) in [6.07, 6.45) is 4.69. The highest BCUT2D eigenvalue weighted by atomic mass is 19.1. The number of aryl methyl sites for hydroxylation is 1. The van der Waals surface area contributed by atoms with E-state index in [1.165, 1.54) is 0 Å². The number of rotatable bonds is 9. The summed E-state index contributed by atoms with van der Waals surface area (Å²) in [6, 6.07) is 20.6. The van der Waals surface area contributed by atoms with Crippen molar-refractivity contribution in [1.82, 2.24) is 0 Å². The Morgan fingerprint density at radius 1 is 0.833 bits per heavy atom. The standard InChI is InChI=1S/C27H29FO2/c1-3-5-9-17-30-27(29)23-14-15-24(22(18-23)10-4-2)25-16-13-21(19-26(25)28)20-11-7-6-8-12-20/h6-8,11-16,18-19H,3-5,9-10,17H2,1-2H3. The Morgan fingerprint density at radius 3 is 2.30 bits per heavy atom. The molecule has 2 nitrogen and oxygen atoms in total. The smallest absolute Gasteiger partial charge is 0.338 e. The summed E-state index contributed by atoms with van der Waals surface area (Å²) in [5, 5.41) is 0. The summed E-state index contributed by atoms with van der Waals surface area (Å²) in [5.74, 6) is -0.571. The summed E-state index contributed by atoms with van der Waals surface area (Å²) in [6.45, 7) is 4.63. The van der Waals surface area contributed by atoms with Gasteiger partial charge < -0.3 is 4.74 Å². The zero-order chi connectivity index (χ0) is 21.3. The lowest BCUT2D eigenvalue weighted by atomic mass is 9.93. The Kier molecular flexibility index (Phi) is 7.78. The second kappa shape index (κ2) is 10.7. The van der Waals surface area contributed by atoms with Crippen molar-refractivity contribution in [2.75, 3.05) is 6.61 Å². The highest BCUT2D eigenvalue weighted by molar-refractivity contribution is 5.90. The summed E-state index contributed by atoms with van der Waals surface area (Å²) in [4.78, 5) is 12.4. The third kappa shape index (κ3) is 5.35. The second-order valence-electron chi connectivity index (χ2n) is 7.53. The Hall–Kier alpha value is -2.94. The van der Waals surface area contributed by atoms with Crippen LogP contribution < -0.4 is 0 Å². The fourth-order valence-electron chi connectivity index (χ4n) is 3.60. The monoisotopic (exact) mass is 404 g/mol. The molecule has 0 saturated carbocycles. The van der Waals surface area contributed by atoms with Crippen molar-refractivity contribution in [3.05, 3.63) is 83.7 Å². The molecule has 3 aromatic rings. The van der Waals surface area contributed by atoms with Gasteiger partial charge in [0, 0.05) is 5.56 Å². The largest absolute Gasteiger partial charge is 0.462 e. The number of hydrogen-bond acceptors (Lipinski definition) is 2. The van der Waals surface area contributed by atoms with Crippen molar-refractivity contribution in [3.8, 4) is 22.3 Å². The van der Waals surface area contributed by atoms with Gasteiger partial charge in [-0.15, -0.1) is 0 Å². The molecule has 0 aliphatic rings. The van der Waals surface area contributed by atoms with Crippen LogP contribution in [0.3, 0.4) is 0 Å². The molecule has 0 spiro atoms. The summed E-state index contributed by atoms with van der Waals surface area (Å²) >= 11 is 0. The Morgan fingerprint density at radius 2 is 1.60 bits per heavy atom. The average Bonchev–Trinajstić information content (AvgIpc) is 2.77. The maximum absolute atomic E-state index is 15.0. The van der Waals surface area contributed by atoms with Crippen LogP contribution in [0.2, 0.25) is 0 Å². The molecule has 0 N–H and O–H groups in total. The zero-order valence-electron chi connectivity index (χ0n) is 17.8. The molecule has 30 heavy (non-hydrogen) atoms. The van der Waals surface area contributed by atoms with Crippen molar-refractivity contribution < 1.29 is 13.9 Å². The van der Waals surface area contributed by atoms with Crippen molar-refractivity contribution in [2.24, 2.45) is 0 Å². The van der Waals surface area contributed by atoms with Gasteiger partial charge in [0.2, 0.25) is 0 Å². The Balaban J connectivity index is 1.87. The van der Waals surface area contributed by atoms with Gasteiger partial charge >= 0.3 is 5.97 Å². The van der Waals surface area contributed by atoms with E-state index in [1.807, 2.05) is 54.6 Å². The highest BCUT2D eigenvalue weighted by Gasteiger charge is 2.15. The molecule has 0 fully saturated rings. The number of benzene rings is 3. The molecule has 0 amide bonds. The van der Waals surface area contributed by atoms with Gasteiger partial charge in [-0.3, -0.25) is 0 Å². The van der Waals surface area contributed by atoms with Crippen LogP contribution in [-0.4, -0.2) is 12.6 Å². The van der Waals surface area contributed by atoms with Crippen molar-refractivity contribution >= 4 is 5.97 Å². The van der Waals surface area contributed by atoms with E-state index < -0.39 is 0 Å². The molecule has 0 aromatic heterocycles. The van der Waals surface area contributed by atoms with Gasteiger partial charge in [0.25, 0.3) is 0 Å². The minimum Gasteiger partial charge on any atom is -0.462 e. The molecule has 156 valence electrons. The lowest BCUT2D eigenvalue weighted by molar-refractivity contribution is 0.0498. The molecular weight excluding hydrogens is 375 g/mol. The Bertz CT molecular complexity index is 979. The fourth-order valence-corrected chi connectivity index (χ4v) is 3.60. The van der Waals surface area contributed by atoms with E-state index in [1.54, 1.807) is 12.1 Å². The highest BCUT2D eigenvalue weighted by Crippen LogP contribution is 2.31. The third-order valence-corrected chi connectivity index (χ3v) is 5.21. The second-order valence-corrected chi connectivity index (χ2v) is 7.53. The van der Waals surface area contributed by atoms with Crippen LogP contribution >= 0.6 is 0 Å². The van der Waals surface area contributed by atoms with Gasteiger partial charge in [0.1, 0.15) is 5.82 Å². The first kappa shape index (κ1) is 21.8. The Labute approximate surface area is 178 Å². The van der Waals surface area contributed by atoms with Gasteiger partial charge in [0.15, 0.2) is 0 Å². The first-order valence-corrected chi connectivity index (χ1v) is 10.8. The van der Waals surface area contributed by atoms with Crippen LogP contribution in [0.5, 0.6) is 0 Å². The van der Waals surface area contributed by atoms with Crippen LogP contribution in [-0.2, 0) is 11.2 Å². The van der Waals surface area contributed by atoms with E-state index in [0.29, 0.717) is 17.7 Å². The van der Waals surface area contributed by atoms with E-state index in [-0.39, 0.29) is 11.8 Å². The summed E-state index contributed by atoms with van der Waals surface area (Å²) in [5.41, 5.74) is 4.71. The summed E-state index contributed by atoms with van der Waals surface area (Å²) in [7, 11) is 0. The van der Waals surface area contributed by atoms with Crippen LogP contribution in [0.1, 0.15) is 55.5 Å². The maximum Gasteiger partial charge on any atom is 0.338 e. The van der Waals surface area contributed by atoms with E-state index in [2.05, 4.69) is 13.8 Å². The lowest BCUT2D eigenvalue weighted by Crippen LogP contribution is -2.07. The number of unbranched alkanes of at least 4 members (excludes halogenated alkanes) is 2. The molecule has 0 unspecified atom stereocenters. The van der Waals surface area contributed by atoms with Crippen molar-refractivity contribution in [3.63, 3.8) is 0 Å². The molecular formula is C27H29FO2. The first-order valence-electron chi connectivity index (χ1n) is 10.8. The lowest BCUT2D eigenvalue weighted by Gasteiger charge is -2.13. The van der Waals surface area contributed by atoms with Gasteiger partial charge in [0.05, 0.1) is 12.2 Å². The van der Waals surface area contributed by atoms with Crippen LogP contribution in [0.4, 0.5) is 4.39 Å². The van der Waals surface area contributed by atoms with Gasteiger partial charge in [-0.25, -0.2) is 9.18 Å². The van der Waals surface area contributed by atoms with E-state index >= 15 is 4.39 Å². The number of carbonyl (C=O) groups excluding carboxylic acids is 1. The van der Waals surface area contributed by atoms with Crippen molar-refractivity contribution in [1.29, 1.82) is 0 Å². The molecule has 0 bridgehead atoms. The predicted molar refractivity (Wildman–Crippen MR) is 121 cm³/mol. The minimum atomic E-state index is -0.310. The molecule has 0 aliphatic heterocycles. The SMILES string of the molecule is CCCCCOC(=O)c1ccc(-c2ccc(-c3ccccc3)cc2F)c(CCC)c1. The third-order valence-electron chi connectivity index (χ3n) is 5.21. The number of carbonyl (C=O) groups is 1. The number of halogens is 1. The number of hydrogen-bond donors (Lipinski definition) is 0. The van der Waals surface area contributed by atoms with Gasteiger partial charge in [-0.05, 0) is 53.3 Å². The predicted octanol–water partition coefficient (Wildman–Crippen LogP) is 7.46. The quantitative estimate of drug-likeness (QED) is 0.273. The summed E-state index contributed by atoms with van der Waals surface area (Å²) < 4.78 is 20.4. The molecule has 0 heterocycles. The van der Waals surface area contributed by atoms with Crippen LogP contribution in [0.25, 0.3) is 22.3 Å². The fraction of sp³-hybridized carbons (Fsp3) is 0.296. The molecule has 0 aliphatic carbocycles. The van der Waals surface area contributed by atoms with Gasteiger partial charge in [-0.2, -0.15) is 0 Å². The van der Waals surface area contributed by atoms with Crippen LogP contribution in [0.15, 0.2) is 66.7 Å². The zero-order valence-corrected chi connectivity index (χ0v) is 17.8. The normalized spacial score (nSPS) is 10.8. The average molecular weight is 405 g/mol. The molecule has 0 radical (unpaired) electrons. The van der Waals surface area contributed by atoms with E-state index in [9.17, 15) is 4.79 Å². The molecule has 3 aromatic carbocycles.